The first-order chi connectivity index (χ1) is 5.54. The zero-order valence-electron chi connectivity index (χ0n) is 8.14. The lowest BCUT2D eigenvalue weighted by Gasteiger charge is -2.41. The molecular formula is C10H20O2. The van der Waals surface area contributed by atoms with E-state index >= 15 is 0 Å². The normalized spacial score (nSPS) is 43.0. The fourth-order valence-electron chi connectivity index (χ4n) is 1.77. The average molecular weight is 172 g/mol. The number of rotatable bonds is 2. The van der Waals surface area contributed by atoms with Crippen molar-refractivity contribution in [3.05, 3.63) is 0 Å². The molecule has 2 heteroatoms. The topological polar surface area (TPSA) is 40.5 Å². The summed E-state index contributed by atoms with van der Waals surface area (Å²) in [5, 5.41) is 18.3. The van der Waals surface area contributed by atoms with Crippen LogP contribution in [0.25, 0.3) is 0 Å². The van der Waals surface area contributed by atoms with Crippen molar-refractivity contribution in [3.8, 4) is 0 Å². The van der Waals surface area contributed by atoms with Crippen LogP contribution in [0.4, 0.5) is 0 Å². The molecule has 1 saturated carbocycles. The van der Waals surface area contributed by atoms with Gasteiger partial charge in [-0.05, 0) is 36.5 Å². The molecule has 1 aliphatic rings. The minimum absolute atomic E-state index is 0.120. The van der Waals surface area contributed by atoms with Gasteiger partial charge in [0.15, 0.2) is 0 Å². The highest BCUT2D eigenvalue weighted by Gasteiger charge is 2.36. The van der Waals surface area contributed by atoms with E-state index in [0.717, 1.165) is 25.7 Å². The first-order valence-corrected chi connectivity index (χ1v) is 4.75. The monoisotopic (exact) mass is 172 g/mol. The van der Waals surface area contributed by atoms with Gasteiger partial charge < -0.3 is 10.2 Å². The molecule has 0 aromatic carbocycles. The van der Waals surface area contributed by atoms with E-state index in [1.807, 2.05) is 0 Å². The van der Waals surface area contributed by atoms with Crippen LogP contribution >= 0.6 is 0 Å². The summed E-state index contributed by atoms with van der Waals surface area (Å²) in [6.45, 7) is 4.83. The Bertz CT molecular complexity index is 128. The van der Waals surface area contributed by atoms with Gasteiger partial charge in [0, 0.05) is 13.2 Å². The standard InChI is InChI=1S/C10H20O2/c1-9(7-11)3-5-10(2,8-12)6-4-9/h11-12H,3-8H2,1-2H3. The summed E-state index contributed by atoms with van der Waals surface area (Å²) in [5.74, 6) is 0. The van der Waals surface area contributed by atoms with Crippen LogP contribution in [0.15, 0.2) is 0 Å². The van der Waals surface area contributed by atoms with Gasteiger partial charge in [-0.15, -0.1) is 0 Å². The van der Waals surface area contributed by atoms with Crippen molar-refractivity contribution in [1.82, 2.24) is 0 Å². The Kier molecular flexibility index (Phi) is 2.79. The Morgan fingerprint density at radius 2 is 1.08 bits per heavy atom. The second-order valence-electron chi connectivity index (χ2n) is 4.94. The summed E-state index contributed by atoms with van der Waals surface area (Å²) in [4.78, 5) is 0. The zero-order chi connectivity index (χ0) is 9.24. The maximum absolute atomic E-state index is 9.13. The van der Waals surface area contributed by atoms with E-state index in [-0.39, 0.29) is 24.0 Å². The first kappa shape index (κ1) is 10.0. The highest BCUT2D eigenvalue weighted by molar-refractivity contribution is 4.87. The minimum atomic E-state index is 0.120. The summed E-state index contributed by atoms with van der Waals surface area (Å²) >= 11 is 0. The first-order valence-electron chi connectivity index (χ1n) is 4.75. The molecule has 1 rings (SSSR count). The predicted molar refractivity (Wildman–Crippen MR) is 48.9 cm³/mol. The second-order valence-corrected chi connectivity index (χ2v) is 4.94. The molecule has 0 spiro atoms. The van der Waals surface area contributed by atoms with Crippen LogP contribution in [0.3, 0.4) is 0 Å². The number of aliphatic hydroxyl groups excluding tert-OH is 2. The van der Waals surface area contributed by atoms with Crippen LogP contribution in [0, 0.1) is 10.8 Å². The lowest BCUT2D eigenvalue weighted by atomic mass is 9.66. The molecule has 2 nitrogen and oxygen atoms in total. The maximum atomic E-state index is 9.13. The Hall–Kier alpha value is -0.0800. The highest BCUT2D eigenvalue weighted by Crippen LogP contribution is 2.44. The van der Waals surface area contributed by atoms with Crippen LogP contribution < -0.4 is 0 Å². The smallest absolute Gasteiger partial charge is 0.0484 e. The minimum Gasteiger partial charge on any atom is -0.396 e. The molecule has 1 aliphatic carbocycles. The Morgan fingerprint density at radius 1 is 0.833 bits per heavy atom. The van der Waals surface area contributed by atoms with E-state index in [2.05, 4.69) is 13.8 Å². The van der Waals surface area contributed by atoms with Gasteiger partial charge in [-0.2, -0.15) is 0 Å². The molecule has 0 aliphatic heterocycles. The summed E-state index contributed by atoms with van der Waals surface area (Å²) in [6, 6.07) is 0. The fraction of sp³-hybridized carbons (Fsp3) is 1.00. The molecular weight excluding hydrogens is 152 g/mol. The third kappa shape index (κ3) is 1.99. The van der Waals surface area contributed by atoms with Gasteiger partial charge in [0.25, 0.3) is 0 Å². The summed E-state index contributed by atoms with van der Waals surface area (Å²) < 4.78 is 0. The van der Waals surface area contributed by atoms with E-state index < -0.39 is 0 Å². The molecule has 0 atom stereocenters. The highest BCUT2D eigenvalue weighted by atomic mass is 16.3. The average Bonchev–Trinajstić information content (AvgIpc) is 2.11. The van der Waals surface area contributed by atoms with Gasteiger partial charge in [0.2, 0.25) is 0 Å². The third-order valence-corrected chi connectivity index (χ3v) is 3.43. The van der Waals surface area contributed by atoms with Crippen molar-refractivity contribution in [2.24, 2.45) is 10.8 Å². The molecule has 0 aromatic rings. The van der Waals surface area contributed by atoms with Crippen molar-refractivity contribution in [2.75, 3.05) is 13.2 Å². The van der Waals surface area contributed by atoms with E-state index in [1.54, 1.807) is 0 Å². The molecule has 1 fully saturated rings. The molecule has 12 heavy (non-hydrogen) atoms. The van der Waals surface area contributed by atoms with Crippen molar-refractivity contribution in [2.45, 2.75) is 39.5 Å². The van der Waals surface area contributed by atoms with Gasteiger partial charge in [0.1, 0.15) is 0 Å². The van der Waals surface area contributed by atoms with Crippen LogP contribution in [0.5, 0.6) is 0 Å². The van der Waals surface area contributed by atoms with Crippen molar-refractivity contribution >= 4 is 0 Å². The predicted octanol–water partition coefficient (Wildman–Crippen LogP) is 1.56. The van der Waals surface area contributed by atoms with Gasteiger partial charge >= 0.3 is 0 Å². The fourth-order valence-corrected chi connectivity index (χ4v) is 1.77. The van der Waals surface area contributed by atoms with E-state index in [4.69, 9.17) is 10.2 Å². The van der Waals surface area contributed by atoms with Crippen LogP contribution in [-0.4, -0.2) is 23.4 Å². The Labute approximate surface area is 74.6 Å². The molecule has 0 aromatic heterocycles. The number of aliphatic hydroxyl groups is 2. The second kappa shape index (κ2) is 3.35. The maximum Gasteiger partial charge on any atom is 0.0484 e. The summed E-state index contributed by atoms with van der Waals surface area (Å²) in [7, 11) is 0. The SMILES string of the molecule is CC1(CO)CCC(C)(CO)CC1. The van der Waals surface area contributed by atoms with Crippen molar-refractivity contribution in [1.29, 1.82) is 0 Å². The van der Waals surface area contributed by atoms with E-state index in [9.17, 15) is 0 Å². The van der Waals surface area contributed by atoms with Crippen molar-refractivity contribution < 1.29 is 10.2 Å². The lowest BCUT2D eigenvalue weighted by molar-refractivity contribution is 0.0180. The lowest BCUT2D eigenvalue weighted by Crippen LogP contribution is -2.35. The van der Waals surface area contributed by atoms with Crippen LogP contribution in [-0.2, 0) is 0 Å². The number of hydrogen-bond acceptors (Lipinski definition) is 2. The largest absolute Gasteiger partial charge is 0.396 e. The summed E-state index contributed by atoms with van der Waals surface area (Å²) in [6.07, 6.45) is 4.17. The van der Waals surface area contributed by atoms with Gasteiger partial charge in [-0.3, -0.25) is 0 Å². The van der Waals surface area contributed by atoms with Crippen LogP contribution in [0.2, 0.25) is 0 Å². The molecule has 0 bridgehead atoms. The third-order valence-electron chi connectivity index (χ3n) is 3.43. The molecule has 2 N–H and O–H groups in total. The van der Waals surface area contributed by atoms with Crippen LogP contribution in [0.1, 0.15) is 39.5 Å². The zero-order valence-corrected chi connectivity index (χ0v) is 8.14. The van der Waals surface area contributed by atoms with Gasteiger partial charge in [-0.25, -0.2) is 0 Å². The molecule has 72 valence electrons. The quantitative estimate of drug-likeness (QED) is 0.663. The number of hydrogen-bond donors (Lipinski definition) is 2. The molecule has 0 unspecified atom stereocenters. The molecule has 0 saturated heterocycles. The van der Waals surface area contributed by atoms with Gasteiger partial charge in [0.05, 0.1) is 0 Å². The van der Waals surface area contributed by atoms with Gasteiger partial charge in [-0.1, -0.05) is 13.8 Å². The van der Waals surface area contributed by atoms with E-state index in [1.165, 1.54) is 0 Å². The Morgan fingerprint density at radius 3 is 1.25 bits per heavy atom. The van der Waals surface area contributed by atoms with E-state index in [0.29, 0.717) is 0 Å². The molecule has 0 radical (unpaired) electrons. The molecule has 0 heterocycles. The van der Waals surface area contributed by atoms with Crippen molar-refractivity contribution in [3.63, 3.8) is 0 Å². The summed E-state index contributed by atoms with van der Waals surface area (Å²) in [5.41, 5.74) is 0.239. The molecule has 0 amide bonds. The Balaban J connectivity index is 2.49.